The minimum atomic E-state index is -3.57. The number of nitrogens with one attached hydrogen (secondary N) is 1. The first-order valence-corrected chi connectivity index (χ1v) is 12.4. The molecule has 0 aliphatic rings. The quantitative estimate of drug-likeness (QED) is 0.488. The van der Waals surface area contributed by atoms with E-state index in [0.29, 0.717) is 28.8 Å². The van der Waals surface area contributed by atoms with Crippen molar-refractivity contribution in [3.8, 4) is 0 Å². The van der Waals surface area contributed by atoms with Crippen molar-refractivity contribution in [1.82, 2.24) is 9.29 Å². The number of hydrogen-bond donors (Lipinski definition) is 1. The zero-order valence-corrected chi connectivity index (χ0v) is 19.5. The molecule has 0 radical (unpaired) electrons. The fourth-order valence-corrected chi connectivity index (χ4v) is 5.59. The van der Waals surface area contributed by atoms with Crippen LogP contribution >= 0.6 is 22.9 Å². The third-order valence-electron chi connectivity index (χ3n) is 4.84. The second-order valence-electron chi connectivity index (χ2n) is 6.87. The maximum absolute atomic E-state index is 12.8. The van der Waals surface area contributed by atoms with Crippen LogP contribution in [0.4, 0.5) is 5.13 Å². The molecule has 30 heavy (non-hydrogen) atoms. The Hall–Kier alpha value is -2.00. The normalized spacial score (nSPS) is 11.9. The average Bonchev–Trinajstić information content (AvgIpc) is 3.14. The van der Waals surface area contributed by atoms with Crippen molar-refractivity contribution < 1.29 is 13.2 Å². The molecule has 0 atom stereocenters. The van der Waals surface area contributed by atoms with Gasteiger partial charge >= 0.3 is 0 Å². The van der Waals surface area contributed by atoms with Crippen molar-refractivity contribution in [3.05, 3.63) is 52.5 Å². The molecule has 1 heterocycles. The van der Waals surface area contributed by atoms with Gasteiger partial charge in [0.15, 0.2) is 5.13 Å². The van der Waals surface area contributed by atoms with Crippen LogP contribution in [0.3, 0.4) is 0 Å². The number of nitrogens with zero attached hydrogens (tertiary/aromatic N) is 2. The van der Waals surface area contributed by atoms with E-state index in [4.69, 9.17) is 11.6 Å². The number of sulfonamides is 1. The lowest BCUT2D eigenvalue weighted by Crippen LogP contribution is -2.31. The largest absolute Gasteiger partial charge is 0.298 e. The zero-order valence-electron chi connectivity index (χ0n) is 17.1. The number of carbonyl (C=O) groups is 1. The number of amides is 1. The summed E-state index contributed by atoms with van der Waals surface area (Å²) in [4.78, 5) is 17.2. The number of carbonyl (C=O) groups excluding carboxylic acids is 1. The molecule has 9 heteroatoms. The molecule has 1 amide bonds. The van der Waals surface area contributed by atoms with Crippen molar-refractivity contribution in [1.29, 1.82) is 0 Å². The molecule has 3 aromatic rings. The first-order chi connectivity index (χ1) is 14.3. The van der Waals surface area contributed by atoms with Gasteiger partial charge in [-0.05, 0) is 55.3 Å². The van der Waals surface area contributed by atoms with Crippen molar-refractivity contribution in [2.24, 2.45) is 0 Å². The van der Waals surface area contributed by atoms with E-state index in [1.54, 1.807) is 0 Å². The predicted molar refractivity (Wildman–Crippen MR) is 123 cm³/mol. The molecule has 1 N–H and O–H groups in total. The molecule has 0 saturated heterocycles. The van der Waals surface area contributed by atoms with Gasteiger partial charge in [-0.1, -0.05) is 43.2 Å². The minimum Gasteiger partial charge on any atom is -0.298 e. The Morgan fingerprint density at radius 3 is 2.50 bits per heavy atom. The van der Waals surface area contributed by atoms with Crippen LogP contribution in [0.25, 0.3) is 10.2 Å². The smallest absolute Gasteiger partial charge is 0.257 e. The summed E-state index contributed by atoms with van der Waals surface area (Å²) in [6.07, 6.45) is 1.73. The van der Waals surface area contributed by atoms with Gasteiger partial charge in [0.05, 0.1) is 15.1 Å². The molecule has 0 bridgehead atoms. The third-order valence-corrected chi connectivity index (χ3v) is 8.17. The summed E-state index contributed by atoms with van der Waals surface area (Å²) in [5.41, 5.74) is 1.99. The maximum Gasteiger partial charge on any atom is 0.257 e. The molecule has 0 aliphatic carbocycles. The van der Waals surface area contributed by atoms with Crippen LogP contribution < -0.4 is 5.32 Å². The van der Waals surface area contributed by atoms with E-state index in [9.17, 15) is 13.2 Å². The number of hydrogen-bond acceptors (Lipinski definition) is 5. The van der Waals surface area contributed by atoms with Crippen LogP contribution in [0.15, 0.2) is 41.3 Å². The Morgan fingerprint density at radius 2 is 1.87 bits per heavy atom. The summed E-state index contributed by atoms with van der Waals surface area (Å²) >= 11 is 7.50. The zero-order chi connectivity index (χ0) is 21.9. The van der Waals surface area contributed by atoms with E-state index < -0.39 is 10.0 Å². The van der Waals surface area contributed by atoms with Gasteiger partial charge in [0.2, 0.25) is 10.0 Å². The fourth-order valence-electron chi connectivity index (χ4n) is 3.03. The Balaban J connectivity index is 1.77. The van der Waals surface area contributed by atoms with Gasteiger partial charge in [-0.25, -0.2) is 13.4 Å². The van der Waals surface area contributed by atoms with Crippen molar-refractivity contribution in [2.45, 2.75) is 38.5 Å². The number of aryl methyl sites for hydroxylation is 1. The second kappa shape index (κ2) is 9.43. The van der Waals surface area contributed by atoms with Crippen molar-refractivity contribution in [2.75, 3.05) is 18.4 Å². The molecule has 3 rings (SSSR count). The SMILES string of the molecule is CCCCN(CC)S(=O)(=O)c1ccc(C(=O)Nc2nc3c(C)c(Cl)ccc3s2)cc1. The molecule has 2 aromatic carbocycles. The van der Waals surface area contributed by atoms with Gasteiger partial charge in [0.25, 0.3) is 5.91 Å². The summed E-state index contributed by atoms with van der Waals surface area (Å²) in [7, 11) is -3.57. The lowest BCUT2D eigenvalue weighted by Gasteiger charge is -2.20. The number of unbranched alkanes of at least 4 members (excludes halogenated alkanes) is 1. The van der Waals surface area contributed by atoms with E-state index >= 15 is 0 Å². The highest BCUT2D eigenvalue weighted by atomic mass is 35.5. The van der Waals surface area contributed by atoms with Gasteiger partial charge in [-0.3, -0.25) is 10.1 Å². The van der Waals surface area contributed by atoms with E-state index in [-0.39, 0.29) is 10.8 Å². The molecule has 0 fully saturated rings. The third kappa shape index (κ3) is 4.67. The highest BCUT2D eigenvalue weighted by Gasteiger charge is 2.23. The molecular formula is C21H24ClN3O3S2. The number of halogens is 1. The van der Waals surface area contributed by atoms with Crippen LogP contribution in [0.5, 0.6) is 0 Å². The summed E-state index contributed by atoms with van der Waals surface area (Å²) < 4.78 is 28.0. The standard InChI is InChI=1S/C21H24ClN3O3S2/c1-4-6-13-25(5-2)30(27,28)16-9-7-15(8-10-16)20(26)24-21-23-19-14(3)17(22)11-12-18(19)29-21/h7-12H,4-6,13H2,1-3H3,(H,23,24,26). The van der Waals surface area contributed by atoms with Crippen LogP contribution in [0, 0.1) is 6.92 Å². The van der Waals surface area contributed by atoms with Gasteiger partial charge in [0, 0.05) is 23.7 Å². The lowest BCUT2D eigenvalue weighted by atomic mass is 10.2. The number of thiazole rings is 1. The van der Waals surface area contributed by atoms with E-state index in [0.717, 1.165) is 28.6 Å². The average molecular weight is 466 g/mol. The van der Waals surface area contributed by atoms with Crippen LogP contribution in [-0.2, 0) is 10.0 Å². The van der Waals surface area contributed by atoms with Gasteiger partial charge < -0.3 is 0 Å². The molecule has 0 unspecified atom stereocenters. The Kier molecular flexibility index (Phi) is 7.13. The Bertz CT molecular complexity index is 1160. The van der Waals surface area contributed by atoms with Gasteiger partial charge in [0.1, 0.15) is 0 Å². The first kappa shape index (κ1) is 22.7. The minimum absolute atomic E-state index is 0.183. The molecule has 160 valence electrons. The van der Waals surface area contributed by atoms with Crippen LogP contribution in [-0.4, -0.2) is 36.7 Å². The number of aromatic nitrogens is 1. The summed E-state index contributed by atoms with van der Waals surface area (Å²) in [6, 6.07) is 9.66. The molecular weight excluding hydrogens is 442 g/mol. The Labute approximate surface area is 185 Å². The molecule has 0 spiro atoms. The summed E-state index contributed by atoms with van der Waals surface area (Å²) in [6.45, 7) is 6.62. The molecule has 6 nitrogen and oxygen atoms in total. The first-order valence-electron chi connectivity index (χ1n) is 9.75. The topological polar surface area (TPSA) is 79.4 Å². The van der Waals surface area contributed by atoms with Crippen LogP contribution in [0.1, 0.15) is 42.6 Å². The number of fused-ring (bicyclic) bond motifs is 1. The number of rotatable bonds is 8. The van der Waals surface area contributed by atoms with Crippen LogP contribution in [0.2, 0.25) is 5.02 Å². The highest BCUT2D eigenvalue weighted by molar-refractivity contribution is 7.89. The summed E-state index contributed by atoms with van der Waals surface area (Å²) in [5.74, 6) is -0.347. The monoisotopic (exact) mass is 465 g/mol. The van der Waals surface area contributed by atoms with E-state index in [2.05, 4.69) is 10.3 Å². The van der Waals surface area contributed by atoms with E-state index in [1.165, 1.54) is 39.9 Å². The second-order valence-corrected chi connectivity index (χ2v) is 10.2. The molecule has 0 saturated carbocycles. The van der Waals surface area contributed by atoms with Gasteiger partial charge in [-0.15, -0.1) is 0 Å². The van der Waals surface area contributed by atoms with Crippen molar-refractivity contribution >= 4 is 54.2 Å². The predicted octanol–water partition coefficient (Wildman–Crippen LogP) is 5.32. The maximum atomic E-state index is 12.8. The summed E-state index contributed by atoms with van der Waals surface area (Å²) in [5, 5.41) is 3.87. The van der Waals surface area contributed by atoms with Crippen molar-refractivity contribution in [3.63, 3.8) is 0 Å². The lowest BCUT2D eigenvalue weighted by molar-refractivity contribution is 0.102. The number of anilines is 1. The Morgan fingerprint density at radius 1 is 1.17 bits per heavy atom. The molecule has 1 aromatic heterocycles. The highest BCUT2D eigenvalue weighted by Crippen LogP contribution is 2.31. The molecule has 0 aliphatic heterocycles. The fraction of sp³-hybridized carbons (Fsp3) is 0.333. The number of benzene rings is 2. The van der Waals surface area contributed by atoms with Gasteiger partial charge in [-0.2, -0.15) is 4.31 Å². The van der Waals surface area contributed by atoms with E-state index in [1.807, 2.05) is 32.9 Å².